The summed E-state index contributed by atoms with van der Waals surface area (Å²) in [5, 5.41) is 0. The van der Waals surface area contributed by atoms with E-state index in [2.05, 4.69) is 0 Å². The highest BCUT2D eigenvalue weighted by molar-refractivity contribution is 7.98. The first-order valence-corrected chi connectivity index (χ1v) is 8.85. The van der Waals surface area contributed by atoms with Gasteiger partial charge >= 0.3 is 0 Å². The number of rotatable bonds is 6. The first-order chi connectivity index (χ1) is 10.2. The van der Waals surface area contributed by atoms with Gasteiger partial charge < -0.3 is 15.4 Å². The van der Waals surface area contributed by atoms with Crippen LogP contribution >= 0.6 is 11.8 Å². The van der Waals surface area contributed by atoms with Gasteiger partial charge in [0, 0.05) is 25.9 Å². The smallest absolute Gasteiger partial charge is 0.239 e. The van der Waals surface area contributed by atoms with Gasteiger partial charge in [0.05, 0.1) is 6.04 Å². The minimum absolute atomic E-state index is 0.0854. The van der Waals surface area contributed by atoms with Gasteiger partial charge in [0.2, 0.25) is 5.91 Å². The molecule has 1 atom stereocenters. The molecular weight excluding hydrogens is 284 g/mol. The molecule has 0 spiro atoms. The molecule has 0 aliphatic carbocycles. The van der Waals surface area contributed by atoms with Gasteiger partial charge in [-0.05, 0) is 30.6 Å². The van der Waals surface area contributed by atoms with Gasteiger partial charge in [0.25, 0.3) is 0 Å². The van der Waals surface area contributed by atoms with Crippen molar-refractivity contribution in [3.05, 3.63) is 30.3 Å². The maximum Gasteiger partial charge on any atom is 0.239 e. The van der Waals surface area contributed by atoms with Gasteiger partial charge in [-0.15, -0.1) is 0 Å². The highest BCUT2D eigenvalue weighted by Crippen LogP contribution is 2.19. The largest absolute Gasteiger partial charge is 0.490 e. The Bertz CT molecular complexity index is 433. The summed E-state index contributed by atoms with van der Waals surface area (Å²) in [5.41, 5.74) is 5.96. The van der Waals surface area contributed by atoms with Crippen molar-refractivity contribution < 1.29 is 9.53 Å². The van der Waals surface area contributed by atoms with Crippen LogP contribution in [0.3, 0.4) is 0 Å². The Morgan fingerprint density at radius 3 is 2.67 bits per heavy atom. The van der Waals surface area contributed by atoms with E-state index < -0.39 is 0 Å². The Labute approximate surface area is 131 Å². The summed E-state index contributed by atoms with van der Waals surface area (Å²) in [6.07, 6.45) is 4.72. The summed E-state index contributed by atoms with van der Waals surface area (Å²) in [4.78, 5) is 14.1. The molecule has 0 unspecified atom stereocenters. The predicted octanol–water partition coefficient (Wildman–Crippen LogP) is 2.14. The van der Waals surface area contributed by atoms with Crippen LogP contribution in [0, 0.1) is 0 Å². The maximum absolute atomic E-state index is 12.2. The number of nitrogens with zero attached hydrogens (tertiary/aromatic N) is 1. The van der Waals surface area contributed by atoms with Crippen LogP contribution in [0.2, 0.25) is 0 Å². The van der Waals surface area contributed by atoms with Crippen molar-refractivity contribution in [2.75, 3.05) is 25.1 Å². The second-order valence-electron chi connectivity index (χ2n) is 5.34. The lowest BCUT2D eigenvalue weighted by Crippen LogP contribution is -2.48. The van der Waals surface area contributed by atoms with E-state index in [4.69, 9.17) is 10.5 Å². The monoisotopic (exact) mass is 308 g/mol. The molecule has 1 heterocycles. The fraction of sp³-hybridized carbons (Fsp3) is 0.562. The molecule has 1 fully saturated rings. The van der Waals surface area contributed by atoms with Crippen LogP contribution in [0.15, 0.2) is 30.3 Å². The summed E-state index contributed by atoms with van der Waals surface area (Å²) in [6.45, 7) is 1.48. The van der Waals surface area contributed by atoms with Crippen molar-refractivity contribution in [2.24, 2.45) is 5.73 Å². The van der Waals surface area contributed by atoms with E-state index >= 15 is 0 Å². The van der Waals surface area contributed by atoms with E-state index in [-0.39, 0.29) is 18.1 Å². The van der Waals surface area contributed by atoms with E-state index in [1.54, 1.807) is 11.8 Å². The Kier molecular flexibility index (Phi) is 6.39. The zero-order valence-electron chi connectivity index (χ0n) is 12.5. The van der Waals surface area contributed by atoms with Gasteiger partial charge in [-0.25, -0.2) is 0 Å². The highest BCUT2D eigenvalue weighted by atomic mass is 32.2. The number of carbonyl (C=O) groups excluding carboxylic acids is 1. The number of likely N-dealkylation sites (tertiary alicyclic amines) is 1. The first kappa shape index (κ1) is 16.2. The number of amides is 1. The van der Waals surface area contributed by atoms with E-state index in [9.17, 15) is 4.79 Å². The lowest BCUT2D eigenvalue weighted by Gasteiger charge is -2.33. The third kappa shape index (κ3) is 4.93. The highest BCUT2D eigenvalue weighted by Gasteiger charge is 2.26. The number of benzene rings is 1. The lowest BCUT2D eigenvalue weighted by atomic mass is 10.1. The summed E-state index contributed by atoms with van der Waals surface area (Å²) in [5.74, 6) is 1.92. The Hall–Kier alpha value is -1.20. The molecular formula is C16H24N2O2S. The molecule has 2 N–H and O–H groups in total. The van der Waals surface area contributed by atoms with E-state index in [1.807, 2.05) is 41.5 Å². The second kappa shape index (κ2) is 8.29. The number of hydrogen-bond acceptors (Lipinski definition) is 4. The van der Waals surface area contributed by atoms with E-state index in [0.29, 0.717) is 0 Å². The topological polar surface area (TPSA) is 55.6 Å². The molecule has 0 aromatic heterocycles. The second-order valence-corrected chi connectivity index (χ2v) is 6.33. The summed E-state index contributed by atoms with van der Waals surface area (Å²) >= 11 is 1.72. The SMILES string of the molecule is CSCC[C@@H](N)C(=O)N1CCC(Oc2ccccc2)CC1. The average molecular weight is 308 g/mol. The van der Waals surface area contributed by atoms with Crippen LogP contribution < -0.4 is 10.5 Å². The molecule has 2 rings (SSSR count). The Morgan fingerprint density at radius 2 is 2.05 bits per heavy atom. The minimum Gasteiger partial charge on any atom is -0.490 e. The summed E-state index contributed by atoms with van der Waals surface area (Å²) < 4.78 is 5.94. The summed E-state index contributed by atoms with van der Waals surface area (Å²) in [7, 11) is 0. The maximum atomic E-state index is 12.2. The molecule has 1 aromatic carbocycles. The number of para-hydroxylation sites is 1. The molecule has 5 heteroatoms. The minimum atomic E-state index is -0.357. The lowest BCUT2D eigenvalue weighted by molar-refractivity contribution is -0.134. The number of carbonyl (C=O) groups is 1. The molecule has 1 aromatic rings. The van der Waals surface area contributed by atoms with Crippen molar-refractivity contribution in [3.8, 4) is 5.75 Å². The van der Waals surface area contributed by atoms with Crippen LogP contribution in [0.5, 0.6) is 5.75 Å². The zero-order valence-corrected chi connectivity index (χ0v) is 13.3. The molecule has 1 saturated heterocycles. The third-order valence-corrected chi connectivity index (χ3v) is 4.39. The van der Waals surface area contributed by atoms with Crippen molar-refractivity contribution >= 4 is 17.7 Å². The normalized spacial score (nSPS) is 17.5. The molecule has 1 aliphatic heterocycles. The molecule has 0 saturated carbocycles. The van der Waals surface area contributed by atoms with Crippen molar-refractivity contribution in [1.82, 2.24) is 4.90 Å². The van der Waals surface area contributed by atoms with Crippen LogP contribution in [0.25, 0.3) is 0 Å². The van der Waals surface area contributed by atoms with E-state index in [0.717, 1.165) is 43.9 Å². The average Bonchev–Trinajstić information content (AvgIpc) is 2.53. The van der Waals surface area contributed by atoms with Crippen molar-refractivity contribution in [1.29, 1.82) is 0 Å². The molecule has 4 nitrogen and oxygen atoms in total. The predicted molar refractivity (Wildman–Crippen MR) is 87.6 cm³/mol. The molecule has 1 amide bonds. The Morgan fingerprint density at radius 1 is 1.38 bits per heavy atom. The van der Waals surface area contributed by atoms with Crippen LogP contribution in [0.1, 0.15) is 19.3 Å². The molecule has 116 valence electrons. The molecule has 0 bridgehead atoms. The third-order valence-electron chi connectivity index (χ3n) is 3.75. The quantitative estimate of drug-likeness (QED) is 0.875. The number of hydrogen-bond donors (Lipinski definition) is 1. The van der Waals surface area contributed by atoms with Crippen LogP contribution in [-0.2, 0) is 4.79 Å². The van der Waals surface area contributed by atoms with Crippen molar-refractivity contribution in [2.45, 2.75) is 31.4 Å². The van der Waals surface area contributed by atoms with Crippen LogP contribution in [-0.4, -0.2) is 48.1 Å². The van der Waals surface area contributed by atoms with Crippen LogP contribution in [0.4, 0.5) is 0 Å². The summed E-state index contributed by atoms with van der Waals surface area (Å²) in [6, 6.07) is 9.50. The van der Waals surface area contributed by atoms with Crippen molar-refractivity contribution in [3.63, 3.8) is 0 Å². The molecule has 21 heavy (non-hydrogen) atoms. The fourth-order valence-electron chi connectivity index (χ4n) is 2.49. The van der Waals surface area contributed by atoms with Gasteiger partial charge in [0.15, 0.2) is 0 Å². The Balaban J connectivity index is 1.76. The number of thioether (sulfide) groups is 1. The first-order valence-electron chi connectivity index (χ1n) is 7.45. The zero-order chi connectivity index (χ0) is 15.1. The molecule has 1 aliphatic rings. The van der Waals surface area contributed by atoms with Gasteiger partial charge in [0.1, 0.15) is 11.9 Å². The standard InChI is InChI=1S/C16H24N2O2S/c1-21-12-9-15(17)16(19)18-10-7-14(8-11-18)20-13-5-3-2-4-6-13/h2-6,14-15H,7-12,17H2,1H3/t15-/m1/s1. The number of nitrogens with two attached hydrogens (primary N) is 1. The van der Waals surface area contributed by atoms with E-state index in [1.165, 1.54) is 0 Å². The fourth-order valence-corrected chi connectivity index (χ4v) is 2.98. The molecule has 0 radical (unpaired) electrons. The number of piperidine rings is 1. The van der Waals surface area contributed by atoms with Gasteiger partial charge in [-0.1, -0.05) is 18.2 Å². The van der Waals surface area contributed by atoms with Gasteiger partial charge in [-0.2, -0.15) is 11.8 Å². The number of ether oxygens (including phenoxy) is 1. The van der Waals surface area contributed by atoms with Gasteiger partial charge in [-0.3, -0.25) is 4.79 Å².